The smallest absolute Gasteiger partial charge is 0.273 e. The van der Waals surface area contributed by atoms with Gasteiger partial charge in [-0.1, -0.05) is 23.2 Å². The van der Waals surface area contributed by atoms with E-state index in [1.54, 1.807) is 33.8 Å². The van der Waals surface area contributed by atoms with E-state index in [4.69, 9.17) is 23.2 Å². The molecule has 25 heavy (non-hydrogen) atoms. The highest BCUT2D eigenvalue weighted by molar-refractivity contribution is 7.92. The highest BCUT2D eigenvalue weighted by atomic mass is 35.5. The van der Waals surface area contributed by atoms with Crippen molar-refractivity contribution in [2.75, 3.05) is 4.72 Å². The van der Waals surface area contributed by atoms with Gasteiger partial charge in [0.1, 0.15) is 0 Å². The zero-order valence-electron chi connectivity index (χ0n) is 13.8. The van der Waals surface area contributed by atoms with Crippen molar-refractivity contribution in [3.63, 3.8) is 0 Å². The summed E-state index contributed by atoms with van der Waals surface area (Å²) >= 11 is 12.2. The molecule has 0 aromatic carbocycles. The van der Waals surface area contributed by atoms with Crippen molar-refractivity contribution < 1.29 is 8.42 Å². The van der Waals surface area contributed by atoms with Gasteiger partial charge in [-0.05, 0) is 39.3 Å². The van der Waals surface area contributed by atoms with Gasteiger partial charge >= 0.3 is 0 Å². The van der Waals surface area contributed by atoms with E-state index in [0.29, 0.717) is 27.7 Å². The van der Waals surface area contributed by atoms with E-state index in [0.717, 1.165) is 0 Å². The fraction of sp³-hybridized carbons (Fsp3) is 0.286. The molecule has 1 N–H and O–H groups in total. The first-order valence-corrected chi connectivity index (χ1v) is 9.40. The Morgan fingerprint density at radius 1 is 1.08 bits per heavy atom. The van der Waals surface area contributed by atoms with Crippen LogP contribution < -0.4 is 4.72 Å². The van der Waals surface area contributed by atoms with E-state index in [1.807, 2.05) is 0 Å². The van der Waals surface area contributed by atoms with Crippen molar-refractivity contribution in [3.05, 3.63) is 38.9 Å². The van der Waals surface area contributed by atoms with Crippen LogP contribution in [0.2, 0.25) is 10.2 Å². The minimum absolute atomic E-state index is 0.00288. The first-order chi connectivity index (χ1) is 11.6. The number of fused-ring (bicyclic) bond motifs is 1. The van der Waals surface area contributed by atoms with E-state index in [9.17, 15) is 8.42 Å². The summed E-state index contributed by atoms with van der Waals surface area (Å²) in [7, 11) is -4.10. The molecule has 3 aromatic heterocycles. The quantitative estimate of drug-likeness (QED) is 0.677. The SMILES string of the molecule is Cc1cc(C)n2nc(S(=O)(=O)Nc3c(Cl)nc(C)c(Cl)c3C)nc2n1. The first-order valence-electron chi connectivity index (χ1n) is 7.16. The zero-order valence-corrected chi connectivity index (χ0v) is 16.1. The highest BCUT2D eigenvalue weighted by Gasteiger charge is 2.25. The minimum Gasteiger partial charge on any atom is -0.273 e. The average Bonchev–Trinajstić information content (AvgIpc) is 2.95. The van der Waals surface area contributed by atoms with Crippen LogP contribution in [0.5, 0.6) is 0 Å². The Hall–Kier alpha value is -1.97. The van der Waals surface area contributed by atoms with Gasteiger partial charge in [0, 0.05) is 11.4 Å². The van der Waals surface area contributed by atoms with Crippen LogP contribution >= 0.6 is 23.2 Å². The standard InChI is InChI=1S/C14H14Cl2N6O2S/c1-6-5-7(2)22-13(17-6)19-14(20-22)25(23,24)21-11-8(3)10(15)9(4)18-12(11)16/h5,21H,1-4H3. The lowest BCUT2D eigenvalue weighted by Crippen LogP contribution is -2.16. The van der Waals surface area contributed by atoms with Crippen LogP contribution in [0.25, 0.3) is 5.78 Å². The Morgan fingerprint density at radius 2 is 1.76 bits per heavy atom. The largest absolute Gasteiger partial charge is 0.299 e. The van der Waals surface area contributed by atoms with Gasteiger partial charge in [-0.15, -0.1) is 5.10 Å². The van der Waals surface area contributed by atoms with Crippen LogP contribution in [0.3, 0.4) is 0 Å². The maximum atomic E-state index is 12.7. The number of halogens is 2. The van der Waals surface area contributed by atoms with Crippen LogP contribution in [0.1, 0.15) is 22.6 Å². The maximum Gasteiger partial charge on any atom is 0.299 e. The summed E-state index contributed by atoms with van der Waals surface area (Å²) in [6, 6.07) is 1.77. The van der Waals surface area contributed by atoms with Crippen LogP contribution in [0, 0.1) is 27.7 Å². The number of anilines is 1. The third-order valence-corrected chi connectivity index (χ3v) is 5.53. The number of aromatic nitrogens is 5. The molecular weight excluding hydrogens is 387 g/mol. The summed E-state index contributed by atoms with van der Waals surface area (Å²) in [6.45, 7) is 6.90. The molecule has 0 bridgehead atoms. The third-order valence-electron chi connectivity index (χ3n) is 3.57. The lowest BCUT2D eigenvalue weighted by atomic mass is 10.2. The summed E-state index contributed by atoms with van der Waals surface area (Å²) in [6.07, 6.45) is 0. The second kappa shape index (κ2) is 6.08. The number of hydrogen-bond acceptors (Lipinski definition) is 6. The number of aryl methyl sites for hydroxylation is 3. The molecule has 0 unspecified atom stereocenters. The van der Waals surface area contributed by atoms with Crippen LogP contribution in [0.4, 0.5) is 5.69 Å². The molecule has 3 aromatic rings. The molecule has 132 valence electrons. The van der Waals surface area contributed by atoms with E-state index in [1.165, 1.54) is 4.52 Å². The molecule has 0 saturated heterocycles. The van der Waals surface area contributed by atoms with Crippen molar-refractivity contribution in [2.24, 2.45) is 0 Å². The van der Waals surface area contributed by atoms with Crippen molar-refractivity contribution in [2.45, 2.75) is 32.9 Å². The number of hydrogen-bond donors (Lipinski definition) is 1. The molecule has 0 saturated carbocycles. The van der Waals surface area contributed by atoms with Gasteiger partial charge in [0.25, 0.3) is 21.0 Å². The molecule has 11 heteroatoms. The summed E-state index contributed by atoms with van der Waals surface area (Å²) in [4.78, 5) is 12.2. The van der Waals surface area contributed by atoms with Crippen molar-refractivity contribution >= 4 is 44.7 Å². The molecule has 0 aliphatic carbocycles. The molecule has 0 amide bonds. The molecule has 0 aliphatic rings. The fourth-order valence-corrected chi connectivity index (χ4v) is 3.86. The Balaban J connectivity index is 2.10. The van der Waals surface area contributed by atoms with Gasteiger partial charge in [0.05, 0.1) is 16.4 Å². The minimum atomic E-state index is -4.10. The summed E-state index contributed by atoms with van der Waals surface area (Å²) < 4.78 is 29.0. The molecule has 0 fully saturated rings. The average molecular weight is 401 g/mol. The molecule has 3 heterocycles. The topological polar surface area (TPSA) is 102 Å². The monoisotopic (exact) mass is 400 g/mol. The number of nitrogens with zero attached hydrogens (tertiary/aromatic N) is 5. The van der Waals surface area contributed by atoms with Gasteiger partial charge < -0.3 is 0 Å². The predicted octanol–water partition coefficient (Wildman–Crippen LogP) is 2.86. The third kappa shape index (κ3) is 3.14. The van der Waals surface area contributed by atoms with Crippen LogP contribution in [-0.4, -0.2) is 33.0 Å². The summed E-state index contributed by atoms with van der Waals surface area (Å²) in [5, 5.41) is 3.93. The van der Waals surface area contributed by atoms with Crippen molar-refractivity contribution in [1.82, 2.24) is 24.6 Å². The highest BCUT2D eigenvalue weighted by Crippen LogP contribution is 2.32. The zero-order chi connectivity index (χ0) is 18.5. The number of rotatable bonds is 3. The van der Waals surface area contributed by atoms with Gasteiger partial charge in [-0.2, -0.15) is 13.4 Å². The predicted molar refractivity (Wildman–Crippen MR) is 94.8 cm³/mol. The molecule has 0 atom stereocenters. The number of sulfonamides is 1. The van der Waals surface area contributed by atoms with Crippen LogP contribution in [0.15, 0.2) is 11.2 Å². The van der Waals surface area contributed by atoms with Gasteiger partial charge in [-0.3, -0.25) is 4.72 Å². The fourth-order valence-electron chi connectivity index (χ4n) is 2.35. The number of pyridine rings is 1. The Bertz CT molecular complexity index is 1110. The lowest BCUT2D eigenvalue weighted by molar-refractivity contribution is 0.592. The molecule has 0 spiro atoms. The van der Waals surface area contributed by atoms with Crippen molar-refractivity contribution in [1.29, 1.82) is 0 Å². The second-order valence-corrected chi connectivity index (χ2v) is 7.86. The van der Waals surface area contributed by atoms with Gasteiger partial charge in [-0.25, -0.2) is 14.5 Å². The maximum absolute atomic E-state index is 12.7. The normalized spacial score (nSPS) is 11.9. The van der Waals surface area contributed by atoms with Gasteiger partial charge in [0.2, 0.25) is 0 Å². The second-order valence-electron chi connectivity index (χ2n) is 5.55. The Kier molecular flexibility index (Phi) is 4.34. The molecule has 3 rings (SSSR count). The first kappa shape index (κ1) is 17.8. The number of nitrogens with one attached hydrogen (secondary N) is 1. The molecular formula is C14H14Cl2N6O2S. The summed E-state index contributed by atoms with van der Waals surface area (Å²) in [5.74, 6) is 0.195. The van der Waals surface area contributed by atoms with E-state index < -0.39 is 15.2 Å². The Labute approximate surface area is 154 Å². The Morgan fingerprint density at radius 3 is 2.44 bits per heavy atom. The van der Waals surface area contributed by atoms with E-state index in [2.05, 4.69) is 24.8 Å². The molecule has 0 radical (unpaired) electrons. The lowest BCUT2D eigenvalue weighted by Gasteiger charge is -2.12. The van der Waals surface area contributed by atoms with E-state index in [-0.39, 0.29) is 16.6 Å². The summed E-state index contributed by atoms with van der Waals surface area (Å²) in [5.41, 5.74) is 2.50. The van der Waals surface area contributed by atoms with Crippen LogP contribution in [-0.2, 0) is 10.0 Å². The molecule has 0 aliphatic heterocycles. The van der Waals surface area contributed by atoms with Gasteiger partial charge in [0.15, 0.2) is 5.15 Å². The van der Waals surface area contributed by atoms with E-state index >= 15 is 0 Å². The molecule has 8 nitrogen and oxygen atoms in total. The van der Waals surface area contributed by atoms with Crippen molar-refractivity contribution in [3.8, 4) is 0 Å².